The van der Waals surface area contributed by atoms with E-state index in [9.17, 15) is 0 Å². The first kappa shape index (κ1) is 5.71. The topological polar surface area (TPSA) is 24.4 Å². The van der Waals surface area contributed by atoms with Gasteiger partial charge < -0.3 is 5.43 Å². The Balaban J connectivity index is 2.33. The van der Waals surface area contributed by atoms with Gasteiger partial charge in [0.05, 0.1) is 12.8 Å². The summed E-state index contributed by atoms with van der Waals surface area (Å²) < 4.78 is 0. The van der Waals surface area contributed by atoms with Crippen LogP contribution in [-0.4, -0.2) is 12.8 Å². The van der Waals surface area contributed by atoms with Crippen molar-refractivity contribution in [3.8, 4) is 0 Å². The molecular formula is C8H10N2. The van der Waals surface area contributed by atoms with Crippen LogP contribution in [0.25, 0.3) is 0 Å². The molecule has 0 atom stereocenters. The molecule has 2 aliphatic rings. The Labute approximate surface area is 60.3 Å². The molecule has 52 valence electrons. The molecule has 10 heavy (non-hydrogen) atoms. The average Bonchev–Trinajstić information content (AvgIpc) is 2.05. The first-order valence-electron chi connectivity index (χ1n) is 3.62. The van der Waals surface area contributed by atoms with E-state index in [4.69, 9.17) is 0 Å². The summed E-state index contributed by atoms with van der Waals surface area (Å²) in [6.45, 7) is 0.905. The minimum atomic E-state index is 0.905. The molecule has 2 nitrogen and oxygen atoms in total. The van der Waals surface area contributed by atoms with E-state index in [1.54, 1.807) is 0 Å². The van der Waals surface area contributed by atoms with E-state index in [-0.39, 0.29) is 0 Å². The van der Waals surface area contributed by atoms with Gasteiger partial charge in [0.2, 0.25) is 0 Å². The minimum Gasteiger partial charge on any atom is -0.306 e. The summed E-state index contributed by atoms with van der Waals surface area (Å²) in [5.74, 6) is 0. The molecule has 0 bridgehead atoms. The average molecular weight is 134 g/mol. The molecular weight excluding hydrogens is 124 g/mol. The summed E-state index contributed by atoms with van der Waals surface area (Å²) in [7, 11) is 0. The summed E-state index contributed by atoms with van der Waals surface area (Å²) in [5.41, 5.74) is 5.66. The van der Waals surface area contributed by atoms with Crippen molar-refractivity contribution in [3.05, 3.63) is 23.3 Å². The predicted molar refractivity (Wildman–Crippen MR) is 41.9 cm³/mol. The number of nitrogens with one attached hydrogen (secondary N) is 1. The fourth-order valence-electron chi connectivity index (χ4n) is 1.30. The van der Waals surface area contributed by atoms with Gasteiger partial charge in [0, 0.05) is 0 Å². The lowest BCUT2D eigenvalue weighted by molar-refractivity contribution is 0.782. The summed E-state index contributed by atoms with van der Waals surface area (Å²) in [6, 6.07) is 0. The normalized spacial score (nSPS) is 22.4. The van der Waals surface area contributed by atoms with Crippen molar-refractivity contribution >= 4 is 6.21 Å². The van der Waals surface area contributed by atoms with E-state index in [1.165, 1.54) is 24.0 Å². The van der Waals surface area contributed by atoms with E-state index in [0.29, 0.717) is 0 Å². The Bertz CT molecular complexity index is 223. The second-order valence-corrected chi connectivity index (χ2v) is 2.56. The summed E-state index contributed by atoms with van der Waals surface area (Å²) in [6.07, 6.45) is 8.79. The molecule has 2 heteroatoms. The highest BCUT2D eigenvalue weighted by Crippen LogP contribution is 2.17. The standard InChI is InChI=1S/C8H10N2/c1-2-4-8-6-10-9-5-7(8)3-1/h3-5,10H,1-2,6H2. The third kappa shape index (κ3) is 0.856. The van der Waals surface area contributed by atoms with Crippen LogP contribution >= 0.6 is 0 Å². The van der Waals surface area contributed by atoms with E-state index >= 15 is 0 Å². The fourth-order valence-corrected chi connectivity index (χ4v) is 1.30. The Hall–Kier alpha value is -1.05. The summed E-state index contributed by atoms with van der Waals surface area (Å²) in [4.78, 5) is 0. The van der Waals surface area contributed by atoms with Crippen molar-refractivity contribution < 1.29 is 0 Å². The molecule has 1 aliphatic carbocycles. The summed E-state index contributed by atoms with van der Waals surface area (Å²) >= 11 is 0. The quantitative estimate of drug-likeness (QED) is 0.529. The van der Waals surface area contributed by atoms with Crippen molar-refractivity contribution in [2.75, 3.05) is 6.54 Å². The van der Waals surface area contributed by atoms with Gasteiger partial charge >= 0.3 is 0 Å². The Morgan fingerprint density at radius 3 is 3.10 bits per heavy atom. The number of rotatable bonds is 0. The lowest BCUT2D eigenvalue weighted by Gasteiger charge is -2.16. The highest BCUT2D eigenvalue weighted by Gasteiger charge is 2.08. The van der Waals surface area contributed by atoms with Crippen LogP contribution in [0.4, 0.5) is 0 Å². The molecule has 0 aromatic carbocycles. The molecule has 0 saturated heterocycles. The van der Waals surface area contributed by atoms with Crippen LogP contribution in [0.15, 0.2) is 28.4 Å². The van der Waals surface area contributed by atoms with Crippen LogP contribution < -0.4 is 5.43 Å². The number of hydrogen-bond acceptors (Lipinski definition) is 2. The molecule has 1 N–H and O–H groups in total. The molecule has 0 spiro atoms. The second-order valence-electron chi connectivity index (χ2n) is 2.56. The highest BCUT2D eigenvalue weighted by molar-refractivity contribution is 5.85. The van der Waals surface area contributed by atoms with Crippen molar-refractivity contribution in [1.29, 1.82) is 0 Å². The zero-order valence-corrected chi connectivity index (χ0v) is 5.80. The maximum absolute atomic E-state index is 3.98. The van der Waals surface area contributed by atoms with Crippen LogP contribution in [0.5, 0.6) is 0 Å². The van der Waals surface area contributed by atoms with E-state index in [1.807, 2.05) is 6.21 Å². The van der Waals surface area contributed by atoms with Crippen LogP contribution in [0.2, 0.25) is 0 Å². The first-order valence-corrected chi connectivity index (χ1v) is 3.62. The van der Waals surface area contributed by atoms with E-state index in [2.05, 4.69) is 22.7 Å². The van der Waals surface area contributed by atoms with Gasteiger partial charge in [-0.3, -0.25) is 0 Å². The molecule has 1 aliphatic heterocycles. The second kappa shape index (κ2) is 2.29. The predicted octanol–water partition coefficient (Wildman–Crippen LogP) is 1.22. The lowest BCUT2D eigenvalue weighted by Crippen LogP contribution is -2.18. The molecule has 0 radical (unpaired) electrons. The molecule has 2 rings (SSSR count). The number of hydrogen-bond donors (Lipinski definition) is 1. The van der Waals surface area contributed by atoms with Crippen LogP contribution in [0, 0.1) is 0 Å². The number of nitrogens with zero attached hydrogens (tertiary/aromatic N) is 1. The molecule has 0 unspecified atom stereocenters. The lowest BCUT2D eigenvalue weighted by atomic mass is 9.98. The van der Waals surface area contributed by atoms with Crippen molar-refractivity contribution in [1.82, 2.24) is 5.43 Å². The highest BCUT2D eigenvalue weighted by atomic mass is 15.3. The molecule has 0 amide bonds. The molecule has 1 heterocycles. The van der Waals surface area contributed by atoms with Crippen molar-refractivity contribution in [2.45, 2.75) is 12.8 Å². The molecule has 0 fully saturated rings. The largest absolute Gasteiger partial charge is 0.306 e. The van der Waals surface area contributed by atoms with Gasteiger partial charge in [-0.1, -0.05) is 12.2 Å². The third-order valence-electron chi connectivity index (χ3n) is 1.86. The van der Waals surface area contributed by atoms with Gasteiger partial charge in [-0.25, -0.2) is 0 Å². The van der Waals surface area contributed by atoms with Crippen molar-refractivity contribution in [2.24, 2.45) is 5.10 Å². The van der Waals surface area contributed by atoms with E-state index < -0.39 is 0 Å². The first-order chi connectivity index (χ1) is 4.97. The number of fused-ring (bicyclic) bond motifs is 1. The van der Waals surface area contributed by atoms with Gasteiger partial charge in [-0.2, -0.15) is 5.10 Å². The Morgan fingerprint density at radius 2 is 2.20 bits per heavy atom. The SMILES string of the molecule is C1=NNCC2=CCCC=C12. The molecule has 0 aromatic heterocycles. The monoisotopic (exact) mass is 134 g/mol. The van der Waals surface area contributed by atoms with Crippen molar-refractivity contribution in [3.63, 3.8) is 0 Å². The maximum atomic E-state index is 3.98. The van der Waals surface area contributed by atoms with Gasteiger partial charge in [0.1, 0.15) is 0 Å². The number of allylic oxidation sites excluding steroid dienone is 2. The Morgan fingerprint density at radius 1 is 1.30 bits per heavy atom. The maximum Gasteiger partial charge on any atom is 0.0583 e. The van der Waals surface area contributed by atoms with Gasteiger partial charge in [0.25, 0.3) is 0 Å². The van der Waals surface area contributed by atoms with Gasteiger partial charge in [-0.15, -0.1) is 0 Å². The van der Waals surface area contributed by atoms with Gasteiger partial charge in [-0.05, 0) is 24.0 Å². The Kier molecular flexibility index (Phi) is 1.31. The van der Waals surface area contributed by atoms with Crippen LogP contribution in [0.1, 0.15) is 12.8 Å². The molecule has 0 saturated carbocycles. The van der Waals surface area contributed by atoms with Crippen LogP contribution in [0.3, 0.4) is 0 Å². The van der Waals surface area contributed by atoms with E-state index in [0.717, 1.165) is 6.54 Å². The van der Waals surface area contributed by atoms with Gasteiger partial charge in [0.15, 0.2) is 0 Å². The molecule has 0 aromatic rings. The minimum absolute atomic E-state index is 0.905. The number of hydrazone groups is 1. The summed E-state index contributed by atoms with van der Waals surface area (Å²) in [5, 5.41) is 3.98. The fraction of sp³-hybridized carbons (Fsp3) is 0.375. The third-order valence-corrected chi connectivity index (χ3v) is 1.86. The zero-order chi connectivity index (χ0) is 6.81. The smallest absolute Gasteiger partial charge is 0.0583 e. The zero-order valence-electron chi connectivity index (χ0n) is 5.80. The van der Waals surface area contributed by atoms with Crippen LogP contribution in [-0.2, 0) is 0 Å².